The Bertz CT molecular complexity index is 406. The second-order valence-electron chi connectivity index (χ2n) is 7.54. The lowest BCUT2D eigenvalue weighted by atomic mass is 9.89. The number of rotatable bonds is 8. The van der Waals surface area contributed by atoms with Gasteiger partial charge in [0.1, 0.15) is 12.4 Å². The van der Waals surface area contributed by atoms with Crippen molar-refractivity contribution in [2.45, 2.75) is 60.4 Å². The first-order valence-corrected chi connectivity index (χ1v) is 8.23. The number of ether oxygens (including phenoxy) is 1. The van der Waals surface area contributed by atoms with Gasteiger partial charge in [-0.3, -0.25) is 0 Å². The van der Waals surface area contributed by atoms with Crippen molar-refractivity contribution in [1.82, 2.24) is 5.32 Å². The Morgan fingerprint density at radius 3 is 2.48 bits per heavy atom. The van der Waals surface area contributed by atoms with Gasteiger partial charge in [-0.05, 0) is 48.8 Å². The standard InChI is InChI=1S/C19H33NO/c1-15(2)16(3)20-12-13-21-18-9-7-8-17(14-18)10-11-19(4,5)6/h7-9,14-16,20H,10-13H2,1-6H3/t16-/m0/s1. The van der Waals surface area contributed by atoms with Crippen LogP contribution >= 0.6 is 0 Å². The van der Waals surface area contributed by atoms with Crippen LogP contribution in [0.1, 0.15) is 53.5 Å². The Morgan fingerprint density at radius 2 is 1.86 bits per heavy atom. The summed E-state index contributed by atoms with van der Waals surface area (Å²) in [5, 5.41) is 3.49. The molecule has 0 saturated carbocycles. The van der Waals surface area contributed by atoms with Crippen molar-refractivity contribution in [2.24, 2.45) is 11.3 Å². The van der Waals surface area contributed by atoms with E-state index < -0.39 is 0 Å². The summed E-state index contributed by atoms with van der Waals surface area (Å²) in [6.45, 7) is 15.2. The van der Waals surface area contributed by atoms with Crippen molar-refractivity contribution < 1.29 is 4.74 Å². The molecule has 0 saturated heterocycles. The highest BCUT2D eigenvalue weighted by Crippen LogP contribution is 2.23. The molecule has 0 aliphatic rings. The van der Waals surface area contributed by atoms with E-state index in [1.165, 1.54) is 12.0 Å². The molecule has 0 fully saturated rings. The third-order valence-electron chi connectivity index (χ3n) is 3.90. The molecule has 1 aromatic carbocycles. The van der Waals surface area contributed by atoms with Crippen molar-refractivity contribution in [1.29, 1.82) is 0 Å². The Hall–Kier alpha value is -1.02. The molecule has 0 bridgehead atoms. The van der Waals surface area contributed by atoms with Gasteiger partial charge in [0, 0.05) is 12.6 Å². The Labute approximate surface area is 131 Å². The fourth-order valence-electron chi connectivity index (χ4n) is 2.00. The first-order valence-electron chi connectivity index (χ1n) is 8.23. The summed E-state index contributed by atoms with van der Waals surface area (Å²) in [6.07, 6.45) is 2.31. The minimum Gasteiger partial charge on any atom is -0.492 e. The van der Waals surface area contributed by atoms with E-state index in [1.807, 2.05) is 6.07 Å². The molecule has 0 amide bonds. The van der Waals surface area contributed by atoms with Gasteiger partial charge in [0.25, 0.3) is 0 Å². The predicted octanol–water partition coefficient (Wildman–Crippen LogP) is 4.68. The molecule has 0 aromatic heterocycles. The van der Waals surface area contributed by atoms with Crippen LogP contribution in [-0.4, -0.2) is 19.2 Å². The molecule has 0 spiro atoms. The highest BCUT2D eigenvalue weighted by Gasteiger charge is 2.10. The first-order chi connectivity index (χ1) is 9.78. The highest BCUT2D eigenvalue weighted by atomic mass is 16.5. The zero-order chi connectivity index (χ0) is 15.9. The largest absolute Gasteiger partial charge is 0.492 e. The first kappa shape index (κ1) is 18.0. The summed E-state index contributed by atoms with van der Waals surface area (Å²) < 4.78 is 5.85. The van der Waals surface area contributed by atoms with Crippen LogP contribution in [-0.2, 0) is 6.42 Å². The second kappa shape index (κ2) is 8.43. The Kier molecular flexibility index (Phi) is 7.24. The van der Waals surface area contributed by atoms with E-state index in [0.717, 1.165) is 25.3 Å². The molecule has 0 radical (unpaired) electrons. The van der Waals surface area contributed by atoms with Gasteiger partial charge in [0.15, 0.2) is 0 Å². The van der Waals surface area contributed by atoms with Gasteiger partial charge in [-0.2, -0.15) is 0 Å². The van der Waals surface area contributed by atoms with Crippen molar-refractivity contribution in [3.63, 3.8) is 0 Å². The molecule has 120 valence electrons. The van der Waals surface area contributed by atoms with Crippen molar-refractivity contribution in [2.75, 3.05) is 13.2 Å². The minimum atomic E-state index is 0.383. The topological polar surface area (TPSA) is 21.3 Å². The van der Waals surface area contributed by atoms with Crippen molar-refractivity contribution in [3.8, 4) is 5.75 Å². The zero-order valence-corrected chi connectivity index (χ0v) is 14.7. The van der Waals surface area contributed by atoms with E-state index in [9.17, 15) is 0 Å². The molecule has 1 N–H and O–H groups in total. The number of hydrogen-bond acceptors (Lipinski definition) is 2. The van der Waals surface area contributed by atoms with E-state index in [1.54, 1.807) is 0 Å². The summed E-state index contributed by atoms with van der Waals surface area (Å²) in [4.78, 5) is 0. The number of hydrogen-bond donors (Lipinski definition) is 1. The van der Waals surface area contributed by atoms with Crippen LogP contribution in [0.2, 0.25) is 0 Å². The lowest BCUT2D eigenvalue weighted by molar-refractivity contribution is 0.296. The van der Waals surface area contributed by atoms with E-state index >= 15 is 0 Å². The van der Waals surface area contributed by atoms with Gasteiger partial charge in [0.05, 0.1) is 0 Å². The predicted molar refractivity (Wildman–Crippen MR) is 92.0 cm³/mol. The van der Waals surface area contributed by atoms with E-state index in [-0.39, 0.29) is 0 Å². The maximum atomic E-state index is 5.85. The van der Waals surface area contributed by atoms with Crippen LogP contribution in [0.5, 0.6) is 5.75 Å². The van der Waals surface area contributed by atoms with Crippen molar-refractivity contribution >= 4 is 0 Å². The maximum Gasteiger partial charge on any atom is 0.119 e. The van der Waals surface area contributed by atoms with Gasteiger partial charge >= 0.3 is 0 Å². The van der Waals surface area contributed by atoms with Crippen LogP contribution in [0.4, 0.5) is 0 Å². The normalized spacial score (nSPS) is 13.5. The molecule has 0 aliphatic heterocycles. The fourth-order valence-corrected chi connectivity index (χ4v) is 2.00. The quantitative estimate of drug-likeness (QED) is 0.702. The third kappa shape index (κ3) is 8.11. The summed E-state index contributed by atoms with van der Waals surface area (Å²) in [7, 11) is 0. The van der Waals surface area contributed by atoms with Crippen LogP contribution < -0.4 is 10.1 Å². The van der Waals surface area contributed by atoms with Crippen LogP contribution in [0.3, 0.4) is 0 Å². The van der Waals surface area contributed by atoms with E-state index in [4.69, 9.17) is 4.74 Å². The molecular weight excluding hydrogens is 258 g/mol. The molecule has 0 unspecified atom stereocenters. The minimum absolute atomic E-state index is 0.383. The monoisotopic (exact) mass is 291 g/mol. The van der Waals surface area contributed by atoms with Crippen LogP contribution in [0, 0.1) is 11.3 Å². The number of aryl methyl sites for hydroxylation is 1. The van der Waals surface area contributed by atoms with E-state index in [0.29, 0.717) is 17.4 Å². The third-order valence-corrected chi connectivity index (χ3v) is 3.90. The number of nitrogens with one attached hydrogen (secondary N) is 1. The Balaban J connectivity index is 2.36. The average molecular weight is 291 g/mol. The average Bonchev–Trinajstić information content (AvgIpc) is 2.40. The lowest BCUT2D eigenvalue weighted by Crippen LogP contribution is -2.33. The molecule has 2 nitrogen and oxygen atoms in total. The highest BCUT2D eigenvalue weighted by molar-refractivity contribution is 5.28. The fraction of sp³-hybridized carbons (Fsp3) is 0.684. The molecular formula is C19H33NO. The number of benzene rings is 1. The molecule has 1 aromatic rings. The summed E-state index contributed by atoms with van der Waals surface area (Å²) in [5.74, 6) is 1.64. The smallest absolute Gasteiger partial charge is 0.119 e. The molecule has 1 rings (SSSR count). The molecule has 1 atom stereocenters. The van der Waals surface area contributed by atoms with Gasteiger partial charge < -0.3 is 10.1 Å². The van der Waals surface area contributed by atoms with Gasteiger partial charge in [-0.1, -0.05) is 46.8 Å². The maximum absolute atomic E-state index is 5.85. The van der Waals surface area contributed by atoms with Crippen LogP contribution in [0.25, 0.3) is 0 Å². The molecule has 21 heavy (non-hydrogen) atoms. The molecule has 0 heterocycles. The van der Waals surface area contributed by atoms with Gasteiger partial charge in [-0.25, -0.2) is 0 Å². The SMILES string of the molecule is CC(C)[C@H](C)NCCOc1cccc(CCC(C)(C)C)c1. The zero-order valence-electron chi connectivity index (χ0n) is 14.7. The molecule has 0 aliphatic carbocycles. The summed E-state index contributed by atoms with van der Waals surface area (Å²) in [6, 6.07) is 9.05. The summed E-state index contributed by atoms with van der Waals surface area (Å²) in [5.41, 5.74) is 1.75. The molecule has 2 heteroatoms. The van der Waals surface area contributed by atoms with Gasteiger partial charge in [0.2, 0.25) is 0 Å². The Morgan fingerprint density at radius 1 is 1.14 bits per heavy atom. The lowest BCUT2D eigenvalue weighted by Gasteiger charge is -2.18. The van der Waals surface area contributed by atoms with Crippen molar-refractivity contribution in [3.05, 3.63) is 29.8 Å². The second-order valence-corrected chi connectivity index (χ2v) is 7.54. The summed E-state index contributed by atoms with van der Waals surface area (Å²) >= 11 is 0. The van der Waals surface area contributed by atoms with Crippen LogP contribution in [0.15, 0.2) is 24.3 Å². The van der Waals surface area contributed by atoms with Gasteiger partial charge in [-0.15, -0.1) is 0 Å². The van der Waals surface area contributed by atoms with E-state index in [2.05, 4.69) is 65.1 Å².